The standard InChI is InChI=1S/C21H24FN3O4S/c1-13-6-7-14(10-17(13)22)23-19(26)12-24(4)30(28,29)15-8-9-18-16(11-15)21(2,3)20(27)25(18)5/h6-11H,12H2,1-5H3,(H,23,26). The number of rotatable bonds is 5. The number of hydrogen-bond donors (Lipinski definition) is 1. The van der Waals surface area contributed by atoms with Crippen molar-refractivity contribution in [3.8, 4) is 0 Å². The van der Waals surface area contributed by atoms with Gasteiger partial charge in [-0.3, -0.25) is 9.59 Å². The van der Waals surface area contributed by atoms with Crippen LogP contribution in [0.25, 0.3) is 0 Å². The highest BCUT2D eigenvalue weighted by Crippen LogP contribution is 2.41. The summed E-state index contributed by atoms with van der Waals surface area (Å²) in [6.07, 6.45) is 0. The molecular formula is C21H24FN3O4S. The Kier molecular flexibility index (Phi) is 5.46. The van der Waals surface area contributed by atoms with Crippen molar-refractivity contribution in [3.63, 3.8) is 0 Å². The van der Waals surface area contributed by atoms with Crippen LogP contribution in [-0.2, 0) is 25.0 Å². The minimum Gasteiger partial charge on any atom is -0.325 e. The number of nitrogens with zero attached hydrogens (tertiary/aromatic N) is 2. The van der Waals surface area contributed by atoms with E-state index in [1.807, 2.05) is 0 Å². The quantitative estimate of drug-likeness (QED) is 0.785. The third kappa shape index (κ3) is 3.70. The number of halogens is 1. The Bertz CT molecular complexity index is 1140. The van der Waals surface area contributed by atoms with Crippen molar-refractivity contribution in [2.45, 2.75) is 31.1 Å². The number of carbonyl (C=O) groups is 2. The van der Waals surface area contributed by atoms with E-state index in [0.29, 0.717) is 16.8 Å². The highest BCUT2D eigenvalue weighted by Gasteiger charge is 2.43. The summed E-state index contributed by atoms with van der Waals surface area (Å²) >= 11 is 0. The molecule has 2 aromatic rings. The van der Waals surface area contributed by atoms with Crippen molar-refractivity contribution in [1.29, 1.82) is 0 Å². The molecular weight excluding hydrogens is 409 g/mol. The number of sulfonamides is 1. The van der Waals surface area contributed by atoms with Gasteiger partial charge in [0.1, 0.15) is 5.82 Å². The summed E-state index contributed by atoms with van der Waals surface area (Å²) in [5.74, 6) is -1.18. The second-order valence-electron chi connectivity index (χ2n) is 7.94. The number of hydrogen-bond acceptors (Lipinski definition) is 4. The lowest BCUT2D eigenvalue weighted by Gasteiger charge is -2.19. The largest absolute Gasteiger partial charge is 0.325 e. The zero-order valence-electron chi connectivity index (χ0n) is 17.5. The molecule has 0 aromatic heterocycles. The van der Waals surface area contributed by atoms with E-state index in [0.717, 1.165) is 4.31 Å². The average molecular weight is 434 g/mol. The van der Waals surface area contributed by atoms with Crippen LogP contribution < -0.4 is 10.2 Å². The van der Waals surface area contributed by atoms with Crippen molar-refractivity contribution in [2.24, 2.45) is 0 Å². The van der Waals surface area contributed by atoms with Gasteiger partial charge in [-0.15, -0.1) is 0 Å². The van der Waals surface area contributed by atoms with Crippen LogP contribution in [0.1, 0.15) is 25.0 Å². The fraction of sp³-hybridized carbons (Fsp3) is 0.333. The van der Waals surface area contributed by atoms with Gasteiger partial charge in [-0.05, 0) is 62.2 Å². The minimum absolute atomic E-state index is 0.00546. The first-order valence-electron chi connectivity index (χ1n) is 9.30. The van der Waals surface area contributed by atoms with E-state index in [1.165, 1.54) is 36.2 Å². The Labute approximate surface area is 175 Å². The van der Waals surface area contributed by atoms with Gasteiger partial charge >= 0.3 is 0 Å². The van der Waals surface area contributed by atoms with E-state index in [4.69, 9.17) is 0 Å². The maximum Gasteiger partial charge on any atom is 0.243 e. The molecule has 0 bridgehead atoms. The van der Waals surface area contributed by atoms with Crippen molar-refractivity contribution in [2.75, 3.05) is 30.9 Å². The van der Waals surface area contributed by atoms with E-state index >= 15 is 0 Å². The van der Waals surface area contributed by atoms with Gasteiger partial charge in [0.2, 0.25) is 21.8 Å². The van der Waals surface area contributed by atoms with Gasteiger partial charge in [-0.25, -0.2) is 12.8 Å². The second-order valence-corrected chi connectivity index (χ2v) is 9.99. The van der Waals surface area contributed by atoms with Gasteiger partial charge < -0.3 is 10.2 Å². The predicted molar refractivity (Wildman–Crippen MR) is 112 cm³/mol. The molecule has 0 aliphatic carbocycles. The summed E-state index contributed by atoms with van der Waals surface area (Å²) in [7, 11) is -1.04. The molecule has 1 heterocycles. The van der Waals surface area contributed by atoms with Crippen molar-refractivity contribution < 1.29 is 22.4 Å². The predicted octanol–water partition coefficient (Wildman–Crippen LogP) is 2.65. The van der Waals surface area contributed by atoms with Crippen molar-refractivity contribution in [1.82, 2.24) is 4.31 Å². The molecule has 0 saturated heterocycles. The molecule has 0 fully saturated rings. The molecule has 2 amide bonds. The molecule has 3 rings (SSSR count). The number of likely N-dealkylation sites (N-methyl/N-ethyl adjacent to an activating group) is 2. The summed E-state index contributed by atoms with van der Waals surface area (Å²) in [5.41, 5.74) is 1.11. The van der Waals surface area contributed by atoms with Crippen LogP contribution >= 0.6 is 0 Å². The van der Waals surface area contributed by atoms with Gasteiger partial charge in [-0.2, -0.15) is 4.31 Å². The minimum atomic E-state index is -3.98. The number of nitrogens with one attached hydrogen (secondary N) is 1. The Hall–Kier alpha value is -2.78. The summed E-state index contributed by atoms with van der Waals surface area (Å²) in [6.45, 7) is 4.64. The van der Waals surface area contributed by atoms with Crippen LogP contribution in [0.2, 0.25) is 0 Å². The maximum absolute atomic E-state index is 13.6. The number of anilines is 2. The Balaban J connectivity index is 1.80. The fourth-order valence-electron chi connectivity index (χ4n) is 3.45. The molecule has 0 spiro atoms. The molecule has 1 N–H and O–H groups in total. The fourth-order valence-corrected chi connectivity index (χ4v) is 4.60. The molecule has 0 saturated carbocycles. The third-order valence-corrected chi connectivity index (χ3v) is 7.17. The molecule has 2 aromatic carbocycles. The van der Waals surface area contributed by atoms with E-state index in [-0.39, 0.29) is 16.5 Å². The monoisotopic (exact) mass is 433 g/mol. The lowest BCUT2D eigenvalue weighted by molar-refractivity contribution is -0.121. The van der Waals surface area contributed by atoms with Crippen LogP contribution in [0.4, 0.5) is 15.8 Å². The zero-order valence-corrected chi connectivity index (χ0v) is 18.3. The van der Waals surface area contributed by atoms with Crippen LogP contribution in [0.15, 0.2) is 41.3 Å². The Morgan fingerprint density at radius 2 is 1.87 bits per heavy atom. The molecule has 0 radical (unpaired) electrons. The summed E-state index contributed by atoms with van der Waals surface area (Å²) in [6, 6.07) is 8.74. The molecule has 1 aliphatic heterocycles. The average Bonchev–Trinajstić information content (AvgIpc) is 2.84. The van der Waals surface area contributed by atoms with Gasteiger partial charge in [0.25, 0.3) is 0 Å². The molecule has 0 atom stereocenters. The van der Waals surface area contributed by atoms with Crippen LogP contribution in [0.3, 0.4) is 0 Å². The molecule has 0 unspecified atom stereocenters. The Morgan fingerprint density at radius 3 is 2.50 bits per heavy atom. The molecule has 160 valence electrons. The lowest BCUT2D eigenvalue weighted by Crippen LogP contribution is -2.35. The topological polar surface area (TPSA) is 86.8 Å². The summed E-state index contributed by atoms with van der Waals surface area (Å²) in [5, 5.41) is 2.49. The molecule has 9 heteroatoms. The van der Waals surface area contributed by atoms with E-state index in [2.05, 4.69) is 5.32 Å². The molecule has 7 nitrogen and oxygen atoms in total. The molecule has 1 aliphatic rings. The van der Waals surface area contributed by atoms with E-state index in [9.17, 15) is 22.4 Å². The van der Waals surface area contributed by atoms with Gasteiger partial charge in [-0.1, -0.05) is 6.07 Å². The maximum atomic E-state index is 13.6. The number of amides is 2. The highest BCUT2D eigenvalue weighted by molar-refractivity contribution is 7.89. The van der Waals surface area contributed by atoms with E-state index in [1.54, 1.807) is 40.0 Å². The first kappa shape index (κ1) is 21.9. The van der Waals surface area contributed by atoms with Crippen LogP contribution in [-0.4, -0.2) is 45.2 Å². The Morgan fingerprint density at radius 1 is 1.20 bits per heavy atom. The van der Waals surface area contributed by atoms with Crippen LogP contribution in [0, 0.1) is 12.7 Å². The zero-order chi connectivity index (χ0) is 22.4. The second kappa shape index (κ2) is 7.48. The number of fused-ring (bicyclic) bond motifs is 1. The van der Waals surface area contributed by atoms with Crippen molar-refractivity contribution in [3.05, 3.63) is 53.3 Å². The van der Waals surface area contributed by atoms with Gasteiger partial charge in [0.05, 0.1) is 16.9 Å². The summed E-state index contributed by atoms with van der Waals surface area (Å²) < 4.78 is 40.5. The van der Waals surface area contributed by atoms with Crippen LogP contribution in [0.5, 0.6) is 0 Å². The normalized spacial score (nSPS) is 15.4. The lowest BCUT2D eigenvalue weighted by atomic mass is 9.86. The third-order valence-electron chi connectivity index (χ3n) is 5.37. The number of aryl methyl sites for hydroxylation is 1. The smallest absolute Gasteiger partial charge is 0.243 e. The molecule has 30 heavy (non-hydrogen) atoms. The SMILES string of the molecule is Cc1ccc(NC(=O)CN(C)S(=O)(=O)c2ccc3c(c2)C(C)(C)C(=O)N3C)cc1F. The first-order valence-corrected chi connectivity index (χ1v) is 10.7. The van der Waals surface area contributed by atoms with Gasteiger partial charge in [0.15, 0.2) is 0 Å². The highest BCUT2D eigenvalue weighted by atomic mass is 32.2. The number of carbonyl (C=O) groups excluding carboxylic acids is 2. The van der Waals surface area contributed by atoms with E-state index < -0.39 is 33.7 Å². The van der Waals surface area contributed by atoms with Gasteiger partial charge in [0, 0.05) is 25.5 Å². The summed E-state index contributed by atoms with van der Waals surface area (Å²) in [4.78, 5) is 26.2. The van der Waals surface area contributed by atoms with Crippen molar-refractivity contribution >= 4 is 33.2 Å². The first-order chi connectivity index (χ1) is 13.9. The number of benzene rings is 2.